The minimum absolute atomic E-state index is 0.123. The third-order valence-electron chi connectivity index (χ3n) is 4.27. The lowest BCUT2D eigenvalue weighted by molar-refractivity contribution is -0.130. The van der Waals surface area contributed by atoms with Crippen molar-refractivity contribution in [2.75, 3.05) is 0 Å². The van der Waals surface area contributed by atoms with Gasteiger partial charge in [-0.3, -0.25) is 0 Å². The van der Waals surface area contributed by atoms with Gasteiger partial charge in [-0.2, -0.15) is 0 Å². The molecule has 30 heavy (non-hydrogen) atoms. The second-order valence-corrected chi connectivity index (χ2v) is 6.54. The van der Waals surface area contributed by atoms with Gasteiger partial charge in [0, 0.05) is 23.3 Å². The predicted molar refractivity (Wildman–Crippen MR) is 114 cm³/mol. The fraction of sp³-hybridized carbons (Fsp3) is 0.0400. The van der Waals surface area contributed by atoms with Gasteiger partial charge in [-0.05, 0) is 47.9 Å². The molecule has 0 aliphatic heterocycles. The predicted octanol–water partition coefficient (Wildman–Crippen LogP) is 5.73. The van der Waals surface area contributed by atoms with Crippen LogP contribution in [0.5, 0.6) is 11.5 Å². The van der Waals surface area contributed by atoms with Crippen LogP contribution in [0.2, 0.25) is 0 Å². The van der Waals surface area contributed by atoms with Crippen LogP contribution in [0.25, 0.3) is 22.3 Å². The monoisotopic (exact) mass is 402 g/mol. The molecule has 3 aromatic carbocycles. The molecule has 0 aliphatic rings. The van der Waals surface area contributed by atoms with Gasteiger partial charge in [-0.25, -0.2) is 14.0 Å². The lowest BCUT2D eigenvalue weighted by Gasteiger charge is -2.09. The van der Waals surface area contributed by atoms with Crippen molar-refractivity contribution >= 4 is 11.9 Å². The Bertz CT molecular complexity index is 1110. The molecule has 0 atom stereocenters. The maximum Gasteiger partial charge on any atom is 0.338 e. The molecule has 0 amide bonds. The molecule has 0 N–H and O–H groups in total. The Kier molecular flexibility index (Phi) is 6.23. The van der Waals surface area contributed by atoms with Crippen LogP contribution in [0, 0.1) is 5.82 Å². The fourth-order valence-corrected chi connectivity index (χ4v) is 2.70. The number of hydrogen-bond acceptors (Lipinski definition) is 4. The van der Waals surface area contributed by atoms with E-state index in [4.69, 9.17) is 9.47 Å². The van der Waals surface area contributed by atoms with Crippen LogP contribution < -0.4 is 9.47 Å². The van der Waals surface area contributed by atoms with Crippen molar-refractivity contribution in [3.05, 3.63) is 97.4 Å². The highest BCUT2D eigenvalue weighted by atomic mass is 19.1. The minimum Gasteiger partial charge on any atom is -0.423 e. The van der Waals surface area contributed by atoms with Crippen molar-refractivity contribution in [2.45, 2.75) is 6.92 Å². The van der Waals surface area contributed by atoms with Gasteiger partial charge in [-0.1, -0.05) is 49.6 Å². The van der Waals surface area contributed by atoms with E-state index in [1.54, 1.807) is 30.3 Å². The molecule has 0 unspecified atom stereocenters. The number of hydrogen-bond donors (Lipinski definition) is 0. The molecule has 150 valence electrons. The zero-order chi connectivity index (χ0) is 21.7. The number of esters is 2. The van der Waals surface area contributed by atoms with Gasteiger partial charge in [-0.15, -0.1) is 0 Å². The summed E-state index contributed by atoms with van der Waals surface area (Å²) in [6, 6.07) is 18.7. The summed E-state index contributed by atoms with van der Waals surface area (Å²) in [6.07, 6.45) is 1.10. The van der Waals surface area contributed by atoms with Gasteiger partial charge in [0.25, 0.3) is 0 Å². The summed E-state index contributed by atoms with van der Waals surface area (Å²) in [5, 5.41) is 0. The Hall–Kier alpha value is -3.99. The number of rotatable bonds is 6. The normalized spacial score (nSPS) is 10.2. The molecule has 5 heteroatoms. The van der Waals surface area contributed by atoms with Crippen LogP contribution in [0.4, 0.5) is 4.39 Å². The minimum atomic E-state index is -0.600. The fourth-order valence-electron chi connectivity index (χ4n) is 2.70. The molecular formula is C25H19FO4. The van der Waals surface area contributed by atoms with E-state index in [9.17, 15) is 14.0 Å². The van der Waals surface area contributed by atoms with E-state index in [0.717, 1.165) is 17.2 Å². The third kappa shape index (κ3) is 4.89. The van der Waals surface area contributed by atoms with E-state index in [0.29, 0.717) is 16.9 Å². The summed E-state index contributed by atoms with van der Waals surface area (Å²) in [4.78, 5) is 22.8. The zero-order valence-corrected chi connectivity index (χ0v) is 16.4. The summed E-state index contributed by atoms with van der Waals surface area (Å²) in [7, 11) is 0. The number of halogens is 1. The average molecular weight is 402 g/mol. The quantitative estimate of drug-likeness (QED) is 0.300. The molecule has 4 nitrogen and oxygen atoms in total. The first-order valence-corrected chi connectivity index (χ1v) is 9.09. The molecule has 0 radical (unpaired) electrons. The van der Waals surface area contributed by atoms with E-state index in [-0.39, 0.29) is 11.3 Å². The van der Waals surface area contributed by atoms with E-state index in [1.165, 1.54) is 19.1 Å². The highest BCUT2D eigenvalue weighted by Gasteiger charge is 2.11. The van der Waals surface area contributed by atoms with Gasteiger partial charge >= 0.3 is 11.9 Å². The second kappa shape index (κ2) is 9.01. The topological polar surface area (TPSA) is 52.6 Å². The number of benzene rings is 3. The van der Waals surface area contributed by atoms with Crippen molar-refractivity contribution in [1.29, 1.82) is 0 Å². The number of carbonyl (C=O) groups excluding carboxylic acids is 2. The lowest BCUT2D eigenvalue weighted by Crippen LogP contribution is -2.08. The zero-order valence-electron chi connectivity index (χ0n) is 16.4. The van der Waals surface area contributed by atoms with Gasteiger partial charge in [0.2, 0.25) is 0 Å². The van der Waals surface area contributed by atoms with Crippen molar-refractivity contribution in [3.8, 4) is 33.8 Å². The molecule has 3 rings (SSSR count). The highest BCUT2D eigenvalue weighted by molar-refractivity contribution is 5.88. The second-order valence-electron chi connectivity index (χ2n) is 6.54. The highest BCUT2D eigenvalue weighted by Crippen LogP contribution is 2.29. The van der Waals surface area contributed by atoms with Gasteiger partial charge in [0.15, 0.2) is 0 Å². The SMILES string of the molecule is C=CC(=O)Oc1ccc(-c2ccc(-c3ccc(OC(=O)C(=C)C)cc3F)cc2)cc1. The Labute approximate surface area is 173 Å². The Morgan fingerprint density at radius 3 is 1.90 bits per heavy atom. The molecule has 0 saturated carbocycles. The van der Waals surface area contributed by atoms with Crippen LogP contribution in [0.15, 0.2) is 91.5 Å². The van der Waals surface area contributed by atoms with E-state index in [2.05, 4.69) is 13.2 Å². The lowest BCUT2D eigenvalue weighted by atomic mass is 10.00. The molecule has 0 fully saturated rings. The van der Waals surface area contributed by atoms with Crippen molar-refractivity contribution in [1.82, 2.24) is 0 Å². The molecule has 0 heterocycles. The van der Waals surface area contributed by atoms with Crippen LogP contribution in [0.3, 0.4) is 0 Å². The number of ether oxygens (including phenoxy) is 2. The van der Waals surface area contributed by atoms with Gasteiger partial charge < -0.3 is 9.47 Å². The largest absolute Gasteiger partial charge is 0.423 e. The van der Waals surface area contributed by atoms with Crippen LogP contribution >= 0.6 is 0 Å². The molecular weight excluding hydrogens is 383 g/mol. The summed E-state index contributed by atoms with van der Waals surface area (Å²) in [5.74, 6) is -1.07. The third-order valence-corrected chi connectivity index (χ3v) is 4.27. The molecule has 0 aliphatic carbocycles. The summed E-state index contributed by atoms with van der Waals surface area (Å²) >= 11 is 0. The maximum atomic E-state index is 14.5. The molecule has 0 spiro atoms. The first kappa shape index (κ1) is 20.7. The standard InChI is InChI=1S/C25H19FO4/c1-4-24(27)29-20-11-9-18(10-12-20)17-5-7-19(8-6-17)22-14-13-21(15-23(22)26)30-25(28)16(2)3/h4-15H,1-2H2,3H3. The first-order valence-electron chi connectivity index (χ1n) is 9.09. The van der Waals surface area contributed by atoms with E-state index < -0.39 is 17.8 Å². The van der Waals surface area contributed by atoms with Gasteiger partial charge in [0.1, 0.15) is 17.3 Å². The Morgan fingerprint density at radius 2 is 1.37 bits per heavy atom. The molecule has 0 bridgehead atoms. The van der Waals surface area contributed by atoms with Crippen LogP contribution in [-0.2, 0) is 9.59 Å². The van der Waals surface area contributed by atoms with Crippen molar-refractivity contribution in [2.24, 2.45) is 0 Å². The molecule has 0 saturated heterocycles. The molecule has 0 aromatic heterocycles. The molecule has 3 aromatic rings. The van der Waals surface area contributed by atoms with Gasteiger partial charge in [0.05, 0.1) is 0 Å². The smallest absolute Gasteiger partial charge is 0.338 e. The van der Waals surface area contributed by atoms with E-state index in [1.807, 2.05) is 24.3 Å². The first-order chi connectivity index (χ1) is 14.4. The Morgan fingerprint density at radius 1 is 0.833 bits per heavy atom. The number of carbonyl (C=O) groups is 2. The maximum absolute atomic E-state index is 14.5. The Balaban J connectivity index is 1.77. The van der Waals surface area contributed by atoms with Crippen molar-refractivity contribution in [3.63, 3.8) is 0 Å². The summed E-state index contributed by atoms with van der Waals surface area (Å²) in [6.45, 7) is 8.38. The average Bonchev–Trinajstić information content (AvgIpc) is 2.74. The summed E-state index contributed by atoms with van der Waals surface area (Å²) < 4.78 is 24.6. The summed E-state index contributed by atoms with van der Waals surface area (Å²) in [5.41, 5.74) is 3.16. The van der Waals surface area contributed by atoms with Crippen molar-refractivity contribution < 1.29 is 23.5 Å². The van der Waals surface area contributed by atoms with Crippen LogP contribution in [-0.4, -0.2) is 11.9 Å². The van der Waals surface area contributed by atoms with E-state index >= 15 is 0 Å². The van der Waals surface area contributed by atoms with Crippen LogP contribution in [0.1, 0.15) is 6.92 Å².